The Morgan fingerprint density at radius 3 is 2.87 bits per heavy atom. The Bertz CT molecular complexity index is 603. The van der Waals surface area contributed by atoms with Gasteiger partial charge in [0.05, 0.1) is 25.3 Å². The molecule has 23 heavy (non-hydrogen) atoms. The number of primary amides is 1. The molecular formula is C16H24N4O3. The zero-order chi connectivity index (χ0) is 17.0. The summed E-state index contributed by atoms with van der Waals surface area (Å²) < 4.78 is 5.37. The average molecular weight is 320 g/mol. The molecule has 7 nitrogen and oxygen atoms in total. The van der Waals surface area contributed by atoms with E-state index in [1.54, 1.807) is 13.3 Å². The van der Waals surface area contributed by atoms with E-state index in [4.69, 9.17) is 10.5 Å². The molecule has 1 aliphatic rings. The van der Waals surface area contributed by atoms with E-state index < -0.39 is 6.03 Å². The molecule has 3 N–H and O–H groups in total. The highest BCUT2D eigenvalue weighted by molar-refractivity contribution is 5.80. The number of carbonyl (C=O) groups is 2. The number of piperidine rings is 1. The van der Waals surface area contributed by atoms with E-state index in [1.807, 2.05) is 13.8 Å². The van der Waals surface area contributed by atoms with Crippen molar-refractivity contribution in [2.24, 2.45) is 11.7 Å². The minimum atomic E-state index is -0.469. The van der Waals surface area contributed by atoms with Crippen molar-refractivity contribution in [1.82, 2.24) is 15.2 Å². The summed E-state index contributed by atoms with van der Waals surface area (Å²) in [5.41, 5.74) is 7.96. The van der Waals surface area contributed by atoms with Gasteiger partial charge in [0, 0.05) is 30.4 Å². The van der Waals surface area contributed by atoms with Crippen LogP contribution in [0, 0.1) is 19.8 Å². The first-order chi connectivity index (χ1) is 10.9. The van der Waals surface area contributed by atoms with E-state index in [9.17, 15) is 9.59 Å². The number of carbonyl (C=O) groups excluding carboxylic acids is 2. The van der Waals surface area contributed by atoms with Crippen LogP contribution in [0.25, 0.3) is 0 Å². The van der Waals surface area contributed by atoms with Crippen LogP contribution in [0.15, 0.2) is 6.20 Å². The highest BCUT2D eigenvalue weighted by Gasteiger charge is 2.27. The van der Waals surface area contributed by atoms with Gasteiger partial charge in [-0.2, -0.15) is 0 Å². The summed E-state index contributed by atoms with van der Waals surface area (Å²) >= 11 is 0. The van der Waals surface area contributed by atoms with Crippen LogP contribution in [0.5, 0.6) is 5.75 Å². The monoisotopic (exact) mass is 320 g/mol. The number of aryl methyl sites for hydroxylation is 1. The van der Waals surface area contributed by atoms with E-state index in [2.05, 4.69) is 10.3 Å². The van der Waals surface area contributed by atoms with E-state index >= 15 is 0 Å². The standard InChI is InChI=1S/C16H24N4O3/c1-10-7-18-13(11(2)14(10)23-3)8-19-15(21)12-5-4-6-20(9-12)16(17)22/h7,12H,4-6,8-9H2,1-3H3,(H2,17,22)(H,19,21). The molecule has 0 saturated carbocycles. The van der Waals surface area contributed by atoms with E-state index in [1.165, 1.54) is 4.90 Å². The lowest BCUT2D eigenvalue weighted by molar-refractivity contribution is -0.126. The van der Waals surface area contributed by atoms with Crippen molar-refractivity contribution >= 4 is 11.9 Å². The molecule has 1 atom stereocenters. The summed E-state index contributed by atoms with van der Waals surface area (Å²) in [6.45, 7) is 5.20. The molecule has 1 fully saturated rings. The third-order valence-electron chi connectivity index (χ3n) is 4.28. The maximum absolute atomic E-state index is 12.3. The Morgan fingerprint density at radius 2 is 2.22 bits per heavy atom. The summed E-state index contributed by atoms with van der Waals surface area (Å²) in [5.74, 6) is 0.502. The Hall–Kier alpha value is -2.31. The largest absolute Gasteiger partial charge is 0.496 e. The molecule has 0 radical (unpaired) electrons. The molecule has 7 heteroatoms. The molecule has 0 aliphatic carbocycles. The van der Waals surface area contributed by atoms with E-state index in [0.29, 0.717) is 19.6 Å². The van der Waals surface area contributed by atoms with Gasteiger partial charge in [0.1, 0.15) is 5.75 Å². The number of nitrogens with one attached hydrogen (secondary N) is 1. The minimum Gasteiger partial charge on any atom is -0.496 e. The normalized spacial score (nSPS) is 17.7. The number of urea groups is 1. The number of nitrogens with two attached hydrogens (primary N) is 1. The number of aromatic nitrogens is 1. The van der Waals surface area contributed by atoms with Crippen molar-refractivity contribution in [2.75, 3.05) is 20.2 Å². The number of likely N-dealkylation sites (tertiary alicyclic amines) is 1. The number of hydrogen-bond acceptors (Lipinski definition) is 4. The van der Waals surface area contributed by atoms with Gasteiger partial charge in [-0.15, -0.1) is 0 Å². The zero-order valence-electron chi connectivity index (χ0n) is 13.9. The van der Waals surface area contributed by atoms with Crippen LogP contribution >= 0.6 is 0 Å². The summed E-state index contributed by atoms with van der Waals surface area (Å²) in [5, 5.41) is 2.90. The number of nitrogens with zero attached hydrogens (tertiary/aromatic N) is 2. The first kappa shape index (κ1) is 17.1. The first-order valence-electron chi connectivity index (χ1n) is 7.75. The predicted molar refractivity (Wildman–Crippen MR) is 86.0 cm³/mol. The quantitative estimate of drug-likeness (QED) is 0.868. The van der Waals surface area contributed by atoms with Crippen LogP contribution in [0.4, 0.5) is 4.79 Å². The third kappa shape index (κ3) is 3.91. The van der Waals surface area contributed by atoms with Crippen molar-refractivity contribution in [1.29, 1.82) is 0 Å². The zero-order valence-corrected chi connectivity index (χ0v) is 13.9. The van der Waals surface area contributed by atoms with Crippen LogP contribution in [0.2, 0.25) is 0 Å². The number of rotatable bonds is 4. The SMILES string of the molecule is COc1c(C)cnc(CNC(=O)C2CCCN(C(N)=O)C2)c1C. The fourth-order valence-electron chi connectivity index (χ4n) is 2.96. The Kier molecular flexibility index (Phi) is 5.41. The smallest absolute Gasteiger partial charge is 0.314 e. The van der Waals surface area contributed by atoms with Gasteiger partial charge in [0.15, 0.2) is 0 Å². The van der Waals surface area contributed by atoms with Gasteiger partial charge < -0.3 is 20.7 Å². The summed E-state index contributed by atoms with van der Waals surface area (Å²) in [6.07, 6.45) is 3.29. The second kappa shape index (κ2) is 7.30. The maximum atomic E-state index is 12.3. The minimum absolute atomic E-state index is 0.0725. The second-order valence-corrected chi connectivity index (χ2v) is 5.89. The Labute approximate surface area is 136 Å². The second-order valence-electron chi connectivity index (χ2n) is 5.89. The van der Waals surface area contributed by atoms with E-state index in [0.717, 1.165) is 35.4 Å². The summed E-state index contributed by atoms with van der Waals surface area (Å²) in [6, 6.07) is -0.469. The highest BCUT2D eigenvalue weighted by Crippen LogP contribution is 2.24. The van der Waals surface area contributed by atoms with Gasteiger partial charge in [0.25, 0.3) is 0 Å². The van der Waals surface area contributed by atoms with Crippen LogP contribution in [-0.2, 0) is 11.3 Å². The first-order valence-corrected chi connectivity index (χ1v) is 7.75. The molecule has 1 unspecified atom stereocenters. The van der Waals surface area contributed by atoms with Gasteiger partial charge in [-0.25, -0.2) is 4.79 Å². The lowest BCUT2D eigenvalue weighted by Crippen LogP contribution is -2.47. The van der Waals surface area contributed by atoms with Gasteiger partial charge in [0.2, 0.25) is 5.91 Å². The molecule has 1 aliphatic heterocycles. The van der Waals surface area contributed by atoms with Crippen LogP contribution in [0.1, 0.15) is 29.7 Å². The number of amides is 3. The predicted octanol–water partition coefficient (Wildman–Crippen LogP) is 1.11. The molecule has 126 valence electrons. The lowest BCUT2D eigenvalue weighted by Gasteiger charge is -2.30. The third-order valence-corrected chi connectivity index (χ3v) is 4.28. The van der Waals surface area contributed by atoms with Gasteiger partial charge in [-0.1, -0.05) is 0 Å². The fraction of sp³-hybridized carbons (Fsp3) is 0.562. The van der Waals surface area contributed by atoms with Crippen LogP contribution < -0.4 is 15.8 Å². The molecule has 1 aromatic rings. The van der Waals surface area contributed by atoms with Gasteiger partial charge in [-0.3, -0.25) is 9.78 Å². The Balaban J connectivity index is 1.98. The summed E-state index contributed by atoms with van der Waals surface area (Å²) in [4.78, 5) is 29.5. The molecule has 0 spiro atoms. The number of hydrogen-bond donors (Lipinski definition) is 2. The number of methoxy groups -OCH3 is 1. The molecule has 2 rings (SSSR count). The molecule has 1 saturated heterocycles. The molecule has 0 bridgehead atoms. The molecule has 0 aromatic carbocycles. The summed E-state index contributed by atoms with van der Waals surface area (Å²) in [7, 11) is 1.62. The maximum Gasteiger partial charge on any atom is 0.314 e. The van der Waals surface area contributed by atoms with Crippen molar-refractivity contribution in [2.45, 2.75) is 33.2 Å². The fourth-order valence-corrected chi connectivity index (χ4v) is 2.96. The molecule has 2 heterocycles. The van der Waals surface area contributed by atoms with Crippen LogP contribution in [0.3, 0.4) is 0 Å². The molecule has 3 amide bonds. The Morgan fingerprint density at radius 1 is 1.48 bits per heavy atom. The molecular weight excluding hydrogens is 296 g/mol. The van der Waals surface area contributed by atoms with Crippen molar-refractivity contribution in [3.63, 3.8) is 0 Å². The van der Waals surface area contributed by atoms with Gasteiger partial charge >= 0.3 is 6.03 Å². The average Bonchev–Trinajstić information content (AvgIpc) is 2.54. The topological polar surface area (TPSA) is 97.6 Å². The van der Waals surface area contributed by atoms with E-state index in [-0.39, 0.29) is 11.8 Å². The molecule has 1 aromatic heterocycles. The van der Waals surface area contributed by atoms with Crippen molar-refractivity contribution < 1.29 is 14.3 Å². The number of pyridine rings is 1. The number of ether oxygens (including phenoxy) is 1. The van der Waals surface area contributed by atoms with Crippen molar-refractivity contribution in [3.8, 4) is 5.75 Å². The van der Waals surface area contributed by atoms with Crippen LogP contribution in [-0.4, -0.2) is 42.0 Å². The lowest BCUT2D eigenvalue weighted by atomic mass is 9.97. The van der Waals surface area contributed by atoms with Gasteiger partial charge in [-0.05, 0) is 26.7 Å². The van der Waals surface area contributed by atoms with Crippen molar-refractivity contribution in [3.05, 3.63) is 23.0 Å². The highest BCUT2D eigenvalue weighted by atomic mass is 16.5.